The SMILES string of the molecule is CCCCC(CC)C(=O)NCC1Cc2cc(Oc3ccccc3)ccc2O1. The number of unbranched alkanes of at least 4 members (excludes halogenated alkanes) is 1. The van der Waals surface area contributed by atoms with Crippen LogP contribution in [0.4, 0.5) is 0 Å². The molecule has 0 spiro atoms. The standard InChI is InChI=1S/C23H29NO3/c1-3-5-9-17(4-2)23(25)24-16-21-15-18-14-20(12-13-22(18)27-21)26-19-10-7-6-8-11-19/h6-8,10-14,17,21H,3-5,9,15-16H2,1-2H3,(H,24,25). The fraction of sp³-hybridized carbons (Fsp3) is 0.435. The van der Waals surface area contributed by atoms with E-state index in [9.17, 15) is 4.79 Å². The lowest BCUT2D eigenvalue weighted by Gasteiger charge is -2.17. The second kappa shape index (κ2) is 9.45. The minimum absolute atomic E-state index is 0.0143. The van der Waals surface area contributed by atoms with E-state index in [4.69, 9.17) is 9.47 Å². The van der Waals surface area contributed by atoms with Gasteiger partial charge in [-0.15, -0.1) is 0 Å². The van der Waals surface area contributed by atoms with Crippen molar-refractivity contribution in [2.75, 3.05) is 6.54 Å². The lowest BCUT2D eigenvalue weighted by atomic mass is 9.98. The van der Waals surface area contributed by atoms with Crippen LogP contribution in [-0.2, 0) is 11.2 Å². The van der Waals surface area contributed by atoms with Gasteiger partial charge < -0.3 is 14.8 Å². The summed E-state index contributed by atoms with van der Waals surface area (Å²) in [5.41, 5.74) is 1.13. The van der Waals surface area contributed by atoms with Gasteiger partial charge in [0.05, 0.1) is 6.54 Å². The summed E-state index contributed by atoms with van der Waals surface area (Å²) < 4.78 is 11.9. The van der Waals surface area contributed by atoms with Crippen molar-refractivity contribution in [2.45, 2.75) is 52.1 Å². The Hall–Kier alpha value is -2.49. The predicted octanol–water partition coefficient (Wildman–Crippen LogP) is 5.12. The first-order valence-electron chi connectivity index (χ1n) is 9.99. The lowest BCUT2D eigenvalue weighted by Crippen LogP contribution is -2.37. The number of para-hydroxylation sites is 1. The molecule has 0 aromatic heterocycles. The highest BCUT2D eigenvalue weighted by atomic mass is 16.5. The number of amides is 1. The van der Waals surface area contributed by atoms with Crippen molar-refractivity contribution in [1.29, 1.82) is 0 Å². The number of rotatable bonds is 9. The van der Waals surface area contributed by atoms with E-state index in [0.29, 0.717) is 6.54 Å². The highest BCUT2D eigenvalue weighted by Crippen LogP contribution is 2.33. The lowest BCUT2D eigenvalue weighted by molar-refractivity contribution is -0.125. The first-order valence-corrected chi connectivity index (χ1v) is 9.99. The Kier molecular flexibility index (Phi) is 6.74. The summed E-state index contributed by atoms with van der Waals surface area (Å²) in [7, 11) is 0. The zero-order valence-electron chi connectivity index (χ0n) is 16.2. The van der Waals surface area contributed by atoms with Crippen LogP contribution in [0, 0.1) is 5.92 Å². The maximum Gasteiger partial charge on any atom is 0.223 e. The normalized spacial score (nSPS) is 16.3. The monoisotopic (exact) mass is 367 g/mol. The molecule has 2 aromatic rings. The molecule has 0 saturated carbocycles. The van der Waals surface area contributed by atoms with Gasteiger partial charge in [-0.2, -0.15) is 0 Å². The van der Waals surface area contributed by atoms with Crippen LogP contribution >= 0.6 is 0 Å². The topological polar surface area (TPSA) is 47.6 Å². The molecule has 4 heteroatoms. The van der Waals surface area contributed by atoms with Gasteiger partial charge in [0, 0.05) is 17.9 Å². The molecular formula is C23H29NO3. The molecule has 0 saturated heterocycles. The summed E-state index contributed by atoms with van der Waals surface area (Å²) in [5, 5.41) is 3.08. The number of hydrogen-bond donors (Lipinski definition) is 1. The molecule has 1 heterocycles. The van der Waals surface area contributed by atoms with Gasteiger partial charge in [-0.25, -0.2) is 0 Å². The van der Waals surface area contributed by atoms with Crippen LogP contribution in [0.25, 0.3) is 0 Å². The molecule has 2 unspecified atom stereocenters. The molecule has 0 radical (unpaired) electrons. The molecule has 2 aromatic carbocycles. The van der Waals surface area contributed by atoms with Gasteiger partial charge in [-0.05, 0) is 43.2 Å². The molecule has 0 fully saturated rings. The maximum atomic E-state index is 12.4. The van der Waals surface area contributed by atoms with Crippen LogP contribution in [-0.4, -0.2) is 18.6 Å². The van der Waals surface area contributed by atoms with E-state index in [-0.39, 0.29) is 17.9 Å². The molecule has 0 aliphatic carbocycles. The molecule has 0 bridgehead atoms. The second-order valence-electron chi connectivity index (χ2n) is 7.12. The number of carbonyl (C=O) groups excluding carboxylic acids is 1. The number of carbonyl (C=O) groups is 1. The van der Waals surface area contributed by atoms with Crippen LogP contribution in [0.5, 0.6) is 17.2 Å². The Labute approximate surface area is 161 Å². The molecule has 27 heavy (non-hydrogen) atoms. The van der Waals surface area contributed by atoms with E-state index in [1.54, 1.807) is 0 Å². The highest BCUT2D eigenvalue weighted by Gasteiger charge is 2.25. The zero-order chi connectivity index (χ0) is 19.1. The van der Waals surface area contributed by atoms with Crippen LogP contribution in [0.15, 0.2) is 48.5 Å². The quantitative estimate of drug-likeness (QED) is 0.669. The molecule has 1 N–H and O–H groups in total. The Morgan fingerprint density at radius 2 is 2.00 bits per heavy atom. The number of fused-ring (bicyclic) bond motifs is 1. The van der Waals surface area contributed by atoms with Gasteiger partial charge in [-0.3, -0.25) is 4.79 Å². The highest BCUT2D eigenvalue weighted by molar-refractivity contribution is 5.78. The van der Waals surface area contributed by atoms with E-state index in [1.165, 1.54) is 0 Å². The van der Waals surface area contributed by atoms with Crippen LogP contribution in [0.2, 0.25) is 0 Å². The van der Waals surface area contributed by atoms with Gasteiger partial charge in [0.15, 0.2) is 0 Å². The fourth-order valence-corrected chi connectivity index (χ4v) is 3.43. The number of nitrogens with one attached hydrogen (secondary N) is 1. The third-order valence-electron chi connectivity index (χ3n) is 5.03. The molecule has 3 rings (SSSR count). The van der Waals surface area contributed by atoms with Crippen LogP contribution < -0.4 is 14.8 Å². The van der Waals surface area contributed by atoms with Gasteiger partial charge in [0.1, 0.15) is 23.4 Å². The first kappa shape index (κ1) is 19.3. The summed E-state index contributed by atoms with van der Waals surface area (Å²) in [6.07, 6.45) is 4.84. The smallest absolute Gasteiger partial charge is 0.223 e. The summed E-state index contributed by atoms with van der Waals surface area (Å²) in [5.74, 6) is 2.77. The zero-order valence-corrected chi connectivity index (χ0v) is 16.2. The molecule has 1 aliphatic rings. The van der Waals surface area contributed by atoms with E-state index in [0.717, 1.165) is 54.9 Å². The van der Waals surface area contributed by atoms with Gasteiger partial charge in [0.25, 0.3) is 0 Å². The molecule has 2 atom stereocenters. The van der Waals surface area contributed by atoms with Crippen molar-refractivity contribution in [3.05, 3.63) is 54.1 Å². The van der Waals surface area contributed by atoms with E-state index >= 15 is 0 Å². The number of benzene rings is 2. The number of ether oxygens (including phenoxy) is 2. The van der Waals surface area contributed by atoms with Crippen molar-refractivity contribution in [1.82, 2.24) is 5.32 Å². The minimum atomic E-state index is -0.0143. The van der Waals surface area contributed by atoms with Crippen LogP contribution in [0.3, 0.4) is 0 Å². The third kappa shape index (κ3) is 5.25. The van der Waals surface area contributed by atoms with Crippen molar-refractivity contribution < 1.29 is 14.3 Å². The van der Waals surface area contributed by atoms with Gasteiger partial charge in [0.2, 0.25) is 5.91 Å². The second-order valence-corrected chi connectivity index (χ2v) is 7.12. The van der Waals surface area contributed by atoms with E-state index in [2.05, 4.69) is 19.2 Å². The average Bonchev–Trinajstić information content (AvgIpc) is 3.10. The summed E-state index contributed by atoms with van der Waals surface area (Å²) >= 11 is 0. The Morgan fingerprint density at radius 1 is 1.19 bits per heavy atom. The van der Waals surface area contributed by atoms with Crippen molar-refractivity contribution in [2.24, 2.45) is 5.92 Å². The minimum Gasteiger partial charge on any atom is -0.488 e. The van der Waals surface area contributed by atoms with Crippen molar-refractivity contribution >= 4 is 5.91 Å². The van der Waals surface area contributed by atoms with Gasteiger partial charge in [-0.1, -0.05) is 44.9 Å². The number of hydrogen-bond acceptors (Lipinski definition) is 3. The van der Waals surface area contributed by atoms with Crippen LogP contribution in [0.1, 0.15) is 45.1 Å². The van der Waals surface area contributed by atoms with E-state index in [1.807, 2.05) is 48.5 Å². The first-order chi connectivity index (χ1) is 13.2. The molecular weight excluding hydrogens is 338 g/mol. The summed E-state index contributed by atoms with van der Waals surface area (Å²) in [6.45, 7) is 4.78. The third-order valence-corrected chi connectivity index (χ3v) is 5.03. The Bertz CT molecular complexity index is 745. The Balaban J connectivity index is 1.52. The summed E-state index contributed by atoms with van der Waals surface area (Å²) in [6, 6.07) is 15.6. The largest absolute Gasteiger partial charge is 0.488 e. The summed E-state index contributed by atoms with van der Waals surface area (Å²) in [4.78, 5) is 12.4. The molecule has 4 nitrogen and oxygen atoms in total. The molecule has 144 valence electrons. The Morgan fingerprint density at radius 3 is 2.74 bits per heavy atom. The van der Waals surface area contributed by atoms with Crippen molar-refractivity contribution in [3.63, 3.8) is 0 Å². The molecule has 1 amide bonds. The van der Waals surface area contributed by atoms with E-state index < -0.39 is 0 Å². The fourth-order valence-electron chi connectivity index (χ4n) is 3.43. The maximum absolute atomic E-state index is 12.4. The molecule has 1 aliphatic heterocycles. The van der Waals surface area contributed by atoms with Gasteiger partial charge >= 0.3 is 0 Å². The predicted molar refractivity (Wildman–Crippen MR) is 107 cm³/mol. The average molecular weight is 367 g/mol. The van der Waals surface area contributed by atoms with Crippen molar-refractivity contribution in [3.8, 4) is 17.2 Å².